The maximum atomic E-state index is 12.5. The van der Waals surface area contributed by atoms with Gasteiger partial charge in [0.25, 0.3) is 0 Å². The van der Waals surface area contributed by atoms with Gasteiger partial charge in [-0.1, -0.05) is 38.8 Å². The summed E-state index contributed by atoms with van der Waals surface area (Å²) in [4.78, 5) is 12.5. The minimum Gasteiger partial charge on any atom is -0.508 e. The van der Waals surface area contributed by atoms with Crippen LogP contribution in [0.3, 0.4) is 0 Å². The molecule has 4 heteroatoms. The van der Waals surface area contributed by atoms with E-state index in [1.807, 2.05) is 12.1 Å². The van der Waals surface area contributed by atoms with Crippen molar-refractivity contribution < 1.29 is 9.90 Å². The van der Waals surface area contributed by atoms with Crippen LogP contribution in [0, 0.1) is 5.41 Å². The predicted octanol–water partition coefficient (Wildman–Crippen LogP) is 2.60. The fourth-order valence-corrected chi connectivity index (χ4v) is 2.78. The molecule has 1 rings (SSSR count). The average molecular weight is 292 g/mol. The van der Waals surface area contributed by atoms with Gasteiger partial charge < -0.3 is 16.2 Å². The largest absolute Gasteiger partial charge is 0.508 e. The van der Waals surface area contributed by atoms with Gasteiger partial charge in [-0.2, -0.15) is 0 Å². The Hall–Kier alpha value is -1.55. The van der Waals surface area contributed by atoms with Gasteiger partial charge in [-0.15, -0.1) is 0 Å². The molecule has 0 saturated carbocycles. The number of nitrogens with one attached hydrogen (secondary N) is 1. The molecule has 0 heterocycles. The van der Waals surface area contributed by atoms with Crippen molar-refractivity contribution in [2.75, 3.05) is 13.1 Å². The summed E-state index contributed by atoms with van der Waals surface area (Å²) in [6, 6.07) is 7.07. The minimum atomic E-state index is -0.418. The molecule has 0 aliphatic rings. The van der Waals surface area contributed by atoms with E-state index in [-0.39, 0.29) is 11.7 Å². The van der Waals surface area contributed by atoms with Crippen LogP contribution in [0.2, 0.25) is 0 Å². The molecule has 4 nitrogen and oxygen atoms in total. The molecule has 0 atom stereocenters. The number of carbonyl (C=O) groups is 1. The van der Waals surface area contributed by atoms with Crippen molar-refractivity contribution in [2.24, 2.45) is 11.1 Å². The van der Waals surface area contributed by atoms with E-state index >= 15 is 0 Å². The van der Waals surface area contributed by atoms with Crippen LogP contribution >= 0.6 is 0 Å². The summed E-state index contributed by atoms with van der Waals surface area (Å²) in [5.74, 6) is 0.336. The summed E-state index contributed by atoms with van der Waals surface area (Å²) in [7, 11) is 0. The number of aromatic hydroxyl groups is 1. The highest BCUT2D eigenvalue weighted by Crippen LogP contribution is 2.29. The van der Waals surface area contributed by atoms with Crippen molar-refractivity contribution in [2.45, 2.75) is 46.0 Å². The second-order valence-electron chi connectivity index (χ2n) is 5.66. The Labute approximate surface area is 127 Å². The van der Waals surface area contributed by atoms with Gasteiger partial charge in [0.2, 0.25) is 5.91 Å². The highest BCUT2D eigenvalue weighted by Gasteiger charge is 2.34. The second kappa shape index (κ2) is 8.67. The van der Waals surface area contributed by atoms with E-state index < -0.39 is 5.41 Å². The van der Waals surface area contributed by atoms with E-state index in [9.17, 15) is 9.90 Å². The zero-order valence-corrected chi connectivity index (χ0v) is 13.2. The van der Waals surface area contributed by atoms with Crippen molar-refractivity contribution in [3.05, 3.63) is 29.8 Å². The number of benzene rings is 1. The third-order valence-corrected chi connectivity index (χ3v) is 3.97. The molecule has 0 aromatic heterocycles. The molecule has 4 N–H and O–H groups in total. The van der Waals surface area contributed by atoms with Crippen molar-refractivity contribution in [3.8, 4) is 5.75 Å². The first-order valence-electron chi connectivity index (χ1n) is 7.84. The molecule has 0 unspecified atom stereocenters. The highest BCUT2D eigenvalue weighted by molar-refractivity contribution is 5.82. The first kappa shape index (κ1) is 17.5. The van der Waals surface area contributed by atoms with Gasteiger partial charge in [-0.3, -0.25) is 4.79 Å². The molecule has 1 aromatic rings. The Kier molecular flexibility index (Phi) is 7.23. The second-order valence-corrected chi connectivity index (χ2v) is 5.66. The molecular formula is C17H28N2O2. The lowest BCUT2D eigenvalue weighted by molar-refractivity contribution is -0.131. The first-order chi connectivity index (χ1) is 10.1. The molecule has 0 saturated heterocycles. The van der Waals surface area contributed by atoms with Gasteiger partial charge in [0.05, 0.1) is 5.41 Å². The molecular weight excluding hydrogens is 264 g/mol. The van der Waals surface area contributed by atoms with E-state index in [1.165, 1.54) is 0 Å². The summed E-state index contributed by atoms with van der Waals surface area (Å²) in [5.41, 5.74) is 6.57. The quantitative estimate of drug-likeness (QED) is 0.655. The highest BCUT2D eigenvalue weighted by atomic mass is 16.3. The molecule has 21 heavy (non-hydrogen) atoms. The smallest absolute Gasteiger partial charge is 0.227 e. The Morgan fingerprint density at radius 3 is 2.24 bits per heavy atom. The van der Waals surface area contributed by atoms with Crippen LogP contribution in [0.25, 0.3) is 0 Å². The summed E-state index contributed by atoms with van der Waals surface area (Å²) < 4.78 is 0. The van der Waals surface area contributed by atoms with Gasteiger partial charge in [0.1, 0.15) is 5.75 Å². The predicted molar refractivity (Wildman–Crippen MR) is 86.1 cm³/mol. The van der Waals surface area contributed by atoms with Crippen LogP contribution in [0.15, 0.2) is 24.3 Å². The molecule has 0 spiro atoms. The van der Waals surface area contributed by atoms with E-state index in [2.05, 4.69) is 19.2 Å². The summed E-state index contributed by atoms with van der Waals surface area (Å²) in [6.45, 7) is 5.17. The summed E-state index contributed by atoms with van der Waals surface area (Å²) >= 11 is 0. The molecule has 0 aliphatic heterocycles. The SMILES string of the molecule is CCCC(CN)(CCC)C(=O)NCCc1ccc(O)cc1. The van der Waals surface area contributed by atoms with E-state index in [1.54, 1.807) is 12.1 Å². The maximum absolute atomic E-state index is 12.5. The zero-order valence-electron chi connectivity index (χ0n) is 13.2. The van der Waals surface area contributed by atoms with Crippen molar-refractivity contribution >= 4 is 5.91 Å². The van der Waals surface area contributed by atoms with E-state index in [0.717, 1.165) is 37.7 Å². The van der Waals surface area contributed by atoms with Gasteiger partial charge in [-0.25, -0.2) is 0 Å². The molecule has 1 amide bonds. The van der Waals surface area contributed by atoms with Crippen LogP contribution in [-0.2, 0) is 11.2 Å². The minimum absolute atomic E-state index is 0.0764. The Morgan fingerprint density at radius 1 is 1.19 bits per heavy atom. The van der Waals surface area contributed by atoms with E-state index in [4.69, 9.17) is 5.73 Å². The van der Waals surface area contributed by atoms with Gasteiger partial charge in [0, 0.05) is 13.1 Å². The Bertz CT molecular complexity index is 423. The number of phenolic OH excluding ortho intramolecular Hbond substituents is 1. The van der Waals surface area contributed by atoms with Crippen LogP contribution in [0.1, 0.15) is 45.1 Å². The molecule has 0 radical (unpaired) electrons. The summed E-state index contributed by atoms with van der Waals surface area (Å²) in [5, 5.41) is 12.3. The van der Waals surface area contributed by atoms with Gasteiger partial charge in [0.15, 0.2) is 0 Å². The van der Waals surface area contributed by atoms with Crippen LogP contribution in [0.5, 0.6) is 5.75 Å². The third-order valence-electron chi connectivity index (χ3n) is 3.97. The molecule has 118 valence electrons. The molecule has 0 bridgehead atoms. The maximum Gasteiger partial charge on any atom is 0.227 e. The third kappa shape index (κ3) is 5.05. The lowest BCUT2D eigenvalue weighted by atomic mass is 9.78. The Balaban J connectivity index is 2.55. The van der Waals surface area contributed by atoms with Crippen LogP contribution in [-0.4, -0.2) is 24.1 Å². The van der Waals surface area contributed by atoms with E-state index in [0.29, 0.717) is 13.1 Å². The lowest BCUT2D eigenvalue weighted by Gasteiger charge is -2.30. The van der Waals surface area contributed by atoms with Crippen LogP contribution < -0.4 is 11.1 Å². The monoisotopic (exact) mass is 292 g/mol. The molecule has 0 aliphatic carbocycles. The number of nitrogens with two attached hydrogens (primary N) is 1. The van der Waals surface area contributed by atoms with Gasteiger partial charge in [-0.05, 0) is 37.0 Å². The summed E-state index contributed by atoms with van der Waals surface area (Å²) in [6.07, 6.45) is 4.35. The fourth-order valence-electron chi connectivity index (χ4n) is 2.78. The van der Waals surface area contributed by atoms with Crippen LogP contribution in [0.4, 0.5) is 0 Å². The van der Waals surface area contributed by atoms with Crippen molar-refractivity contribution in [3.63, 3.8) is 0 Å². The van der Waals surface area contributed by atoms with Gasteiger partial charge >= 0.3 is 0 Å². The number of phenols is 1. The van der Waals surface area contributed by atoms with Crippen molar-refractivity contribution in [1.82, 2.24) is 5.32 Å². The zero-order chi connectivity index (χ0) is 15.7. The fraction of sp³-hybridized carbons (Fsp3) is 0.588. The molecule has 1 aromatic carbocycles. The standard InChI is InChI=1S/C17H28N2O2/c1-3-10-17(13-18,11-4-2)16(21)19-12-9-14-5-7-15(20)8-6-14/h5-8,20H,3-4,9-13,18H2,1-2H3,(H,19,21). The Morgan fingerprint density at radius 2 is 1.76 bits per heavy atom. The molecule has 0 fully saturated rings. The number of carbonyl (C=O) groups excluding carboxylic acids is 1. The number of amides is 1. The average Bonchev–Trinajstić information content (AvgIpc) is 2.48. The normalized spacial score (nSPS) is 11.4. The van der Waals surface area contributed by atoms with Crippen molar-refractivity contribution in [1.29, 1.82) is 0 Å². The number of rotatable bonds is 9. The first-order valence-corrected chi connectivity index (χ1v) is 7.84. The topological polar surface area (TPSA) is 75.4 Å². The number of hydrogen-bond acceptors (Lipinski definition) is 3. The lowest BCUT2D eigenvalue weighted by Crippen LogP contribution is -2.46. The number of hydrogen-bond donors (Lipinski definition) is 3.